The number of benzene rings is 1. The number of H-pyrrole nitrogens is 1. The molecule has 5 N–H and O–H groups in total. The first-order chi connectivity index (χ1) is 18.8. The molecule has 1 aliphatic rings. The third kappa shape index (κ3) is 7.10. The number of carbonyl (C=O) groups excluding carboxylic acids is 3. The monoisotopic (exact) mass is 532 g/mol. The Balaban J connectivity index is 1.18. The fourth-order valence-electron chi connectivity index (χ4n) is 4.55. The van der Waals surface area contributed by atoms with Crippen LogP contribution in [0.1, 0.15) is 64.1 Å². The van der Waals surface area contributed by atoms with Gasteiger partial charge in [0, 0.05) is 54.7 Å². The molecule has 0 spiro atoms. The van der Waals surface area contributed by atoms with Crippen LogP contribution in [0, 0.1) is 19.7 Å². The SMILES string of the molecule is Cc1[nH]c(C=C2C(=O)Nc3ccc(F)cc32)c(C)c1C(=O)NCCCCCCNC(=O)NCc1cccnc1. The van der Waals surface area contributed by atoms with Gasteiger partial charge in [-0.1, -0.05) is 18.9 Å². The zero-order valence-electron chi connectivity index (χ0n) is 22.1. The first-order valence-electron chi connectivity index (χ1n) is 13.0. The van der Waals surface area contributed by atoms with Crippen LogP contribution in [0.25, 0.3) is 11.6 Å². The summed E-state index contributed by atoms with van der Waals surface area (Å²) in [4.78, 5) is 44.4. The van der Waals surface area contributed by atoms with Gasteiger partial charge in [-0.25, -0.2) is 9.18 Å². The quantitative estimate of drug-likeness (QED) is 0.185. The number of hydrogen-bond acceptors (Lipinski definition) is 4. The van der Waals surface area contributed by atoms with Crippen LogP contribution in [-0.4, -0.2) is 40.9 Å². The van der Waals surface area contributed by atoms with Gasteiger partial charge in [-0.15, -0.1) is 0 Å². The van der Waals surface area contributed by atoms with Crippen molar-refractivity contribution in [3.05, 3.63) is 82.2 Å². The van der Waals surface area contributed by atoms with E-state index in [1.165, 1.54) is 18.2 Å². The van der Waals surface area contributed by atoms with Gasteiger partial charge in [-0.3, -0.25) is 14.6 Å². The van der Waals surface area contributed by atoms with Gasteiger partial charge in [0.2, 0.25) is 0 Å². The van der Waals surface area contributed by atoms with Crippen molar-refractivity contribution >= 4 is 35.2 Å². The van der Waals surface area contributed by atoms with Crippen LogP contribution in [0.5, 0.6) is 0 Å². The smallest absolute Gasteiger partial charge is 0.315 e. The number of urea groups is 1. The number of nitrogens with zero attached hydrogens (tertiary/aromatic N) is 1. The minimum Gasteiger partial charge on any atom is -0.358 e. The van der Waals surface area contributed by atoms with Gasteiger partial charge < -0.3 is 26.3 Å². The number of rotatable bonds is 11. The maximum absolute atomic E-state index is 13.8. The van der Waals surface area contributed by atoms with E-state index in [1.807, 2.05) is 26.0 Å². The summed E-state index contributed by atoms with van der Waals surface area (Å²) < 4.78 is 13.8. The van der Waals surface area contributed by atoms with Crippen LogP contribution in [-0.2, 0) is 11.3 Å². The van der Waals surface area contributed by atoms with E-state index in [0.29, 0.717) is 53.4 Å². The average Bonchev–Trinajstić information content (AvgIpc) is 3.38. The summed E-state index contributed by atoms with van der Waals surface area (Å²) in [5, 5.41) is 11.3. The summed E-state index contributed by atoms with van der Waals surface area (Å²) in [5.74, 6) is -0.914. The summed E-state index contributed by atoms with van der Waals surface area (Å²) in [7, 11) is 0. The molecule has 4 amide bonds. The molecule has 0 bridgehead atoms. The van der Waals surface area contributed by atoms with Crippen LogP contribution >= 0.6 is 0 Å². The molecule has 0 radical (unpaired) electrons. The number of halogens is 1. The largest absolute Gasteiger partial charge is 0.358 e. The highest BCUT2D eigenvalue weighted by molar-refractivity contribution is 6.34. The summed E-state index contributed by atoms with van der Waals surface area (Å²) in [6.07, 6.45) is 8.59. The van der Waals surface area contributed by atoms with Crippen molar-refractivity contribution in [1.82, 2.24) is 25.9 Å². The number of pyridine rings is 1. The van der Waals surface area contributed by atoms with Gasteiger partial charge >= 0.3 is 6.03 Å². The van der Waals surface area contributed by atoms with E-state index in [9.17, 15) is 18.8 Å². The zero-order chi connectivity index (χ0) is 27.8. The lowest BCUT2D eigenvalue weighted by Gasteiger charge is -2.08. The molecule has 0 atom stereocenters. The van der Waals surface area contributed by atoms with Gasteiger partial charge in [0.1, 0.15) is 5.82 Å². The molecular formula is C29H33FN6O3. The van der Waals surface area contributed by atoms with Crippen LogP contribution < -0.4 is 21.3 Å². The lowest BCUT2D eigenvalue weighted by molar-refractivity contribution is -0.110. The maximum Gasteiger partial charge on any atom is 0.315 e. The van der Waals surface area contributed by atoms with Crippen molar-refractivity contribution in [2.75, 3.05) is 18.4 Å². The molecule has 2 aromatic heterocycles. The molecule has 0 saturated carbocycles. The minimum atomic E-state index is -0.422. The number of aromatic nitrogens is 2. The number of aryl methyl sites for hydroxylation is 1. The van der Waals surface area contributed by atoms with Gasteiger partial charge in [0.25, 0.3) is 11.8 Å². The normalized spacial score (nSPS) is 13.2. The van der Waals surface area contributed by atoms with Crippen molar-refractivity contribution in [2.45, 2.75) is 46.1 Å². The molecular weight excluding hydrogens is 499 g/mol. The average molecular weight is 533 g/mol. The molecule has 1 aliphatic heterocycles. The molecule has 10 heteroatoms. The van der Waals surface area contributed by atoms with Crippen molar-refractivity contribution in [1.29, 1.82) is 0 Å². The van der Waals surface area contributed by atoms with Gasteiger partial charge in [0.05, 0.1) is 11.1 Å². The van der Waals surface area contributed by atoms with Crippen LogP contribution in [0.4, 0.5) is 14.9 Å². The molecule has 3 aromatic rings. The summed E-state index contributed by atoms with van der Waals surface area (Å²) >= 11 is 0. The highest BCUT2D eigenvalue weighted by atomic mass is 19.1. The predicted octanol–water partition coefficient (Wildman–Crippen LogP) is 4.45. The van der Waals surface area contributed by atoms with E-state index < -0.39 is 5.82 Å². The first-order valence-corrected chi connectivity index (χ1v) is 13.0. The Labute approximate surface area is 226 Å². The third-order valence-corrected chi connectivity index (χ3v) is 6.61. The highest BCUT2D eigenvalue weighted by Crippen LogP contribution is 2.34. The number of nitrogens with one attached hydrogen (secondary N) is 5. The topological polar surface area (TPSA) is 128 Å². The Morgan fingerprint density at radius 1 is 1.03 bits per heavy atom. The van der Waals surface area contributed by atoms with E-state index in [0.717, 1.165) is 36.8 Å². The summed E-state index contributed by atoms with van der Waals surface area (Å²) in [5.41, 5.74) is 4.95. The summed E-state index contributed by atoms with van der Waals surface area (Å²) in [6.45, 7) is 5.19. The van der Waals surface area contributed by atoms with Crippen molar-refractivity contribution in [3.8, 4) is 0 Å². The van der Waals surface area contributed by atoms with Crippen molar-refractivity contribution in [2.24, 2.45) is 0 Å². The molecule has 1 aromatic carbocycles. The number of hydrogen-bond donors (Lipinski definition) is 5. The second-order valence-electron chi connectivity index (χ2n) is 9.51. The highest BCUT2D eigenvalue weighted by Gasteiger charge is 2.26. The van der Waals surface area contributed by atoms with E-state index in [1.54, 1.807) is 18.5 Å². The zero-order valence-corrected chi connectivity index (χ0v) is 22.1. The van der Waals surface area contributed by atoms with Crippen LogP contribution in [0.2, 0.25) is 0 Å². The van der Waals surface area contributed by atoms with E-state index >= 15 is 0 Å². The Bertz CT molecular complexity index is 1380. The molecule has 4 rings (SSSR count). The molecule has 0 aliphatic carbocycles. The molecule has 204 valence electrons. The second kappa shape index (κ2) is 12.9. The fraction of sp³-hybridized carbons (Fsp3) is 0.310. The molecule has 39 heavy (non-hydrogen) atoms. The lowest BCUT2D eigenvalue weighted by atomic mass is 10.0. The predicted molar refractivity (Wildman–Crippen MR) is 148 cm³/mol. The lowest BCUT2D eigenvalue weighted by Crippen LogP contribution is -2.35. The minimum absolute atomic E-state index is 0.180. The fourth-order valence-corrected chi connectivity index (χ4v) is 4.55. The molecule has 3 heterocycles. The Kier molecular flexibility index (Phi) is 9.09. The number of anilines is 1. The number of amides is 4. The van der Waals surface area contributed by atoms with Crippen molar-refractivity contribution < 1.29 is 18.8 Å². The number of fused-ring (bicyclic) bond motifs is 1. The van der Waals surface area contributed by atoms with Gasteiger partial charge in [-0.05, 0) is 68.2 Å². The maximum atomic E-state index is 13.8. The molecule has 0 saturated heterocycles. The standard InChI is InChI=1S/C29H33FN6O3/c1-18-25(15-23-22-14-21(30)9-10-24(22)36-27(23)37)35-19(2)26(18)28(38)32-12-5-3-4-6-13-33-29(39)34-17-20-8-7-11-31-16-20/h7-11,14-16,35H,3-6,12-13,17H2,1-2H3,(H,32,38)(H,36,37)(H2,33,34,39). The molecule has 0 fully saturated rings. The Morgan fingerprint density at radius 3 is 2.54 bits per heavy atom. The molecule has 9 nitrogen and oxygen atoms in total. The first kappa shape index (κ1) is 27.6. The summed E-state index contributed by atoms with van der Waals surface area (Å²) in [6, 6.07) is 7.69. The van der Waals surface area contributed by atoms with Gasteiger partial charge in [0.15, 0.2) is 0 Å². The van der Waals surface area contributed by atoms with Crippen molar-refractivity contribution in [3.63, 3.8) is 0 Å². The Morgan fingerprint density at radius 2 is 1.79 bits per heavy atom. The van der Waals surface area contributed by atoms with E-state index in [4.69, 9.17) is 0 Å². The molecule has 0 unspecified atom stereocenters. The number of carbonyl (C=O) groups is 3. The van der Waals surface area contributed by atoms with Crippen LogP contribution in [0.15, 0.2) is 42.7 Å². The Hall–Kier alpha value is -4.47. The van der Waals surface area contributed by atoms with E-state index in [-0.39, 0.29) is 17.8 Å². The van der Waals surface area contributed by atoms with E-state index in [2.05, 4.69) is 31.2 Å². The van der Waals surface area contributed by atoms with Gasteiger partial charge in [-0.2, -0.15) is 0 Å². The second-order valence-corrected chi connectivity index (χ2v) is 9.51. The van der Waals surface area contributed by atoms with Crippen LogP contribution in [0.3, 0.4) is 0 Å². The number of unbranched alkanes of at least 4 members (excludes halogenated alkanes) is 3. The third-order valence-electron chi connectivity index (χ3n) is 6.61. The number of aromatic amines is 1.